The van der Waals surface area contributed by atoms with Crippen molar-refractivity contribution in [1.29, 1.82) is 0 Å². The van der Waals surface area contributed by atoms with Crippen LogP contribution in [-0.4, -0.2) is 13.2 Å². The van der Waals surface area contributed by atoms with Gasteiger partial charge in [-0.25, -0.2) is 0 Å². The summed E-state index contributed by atoms with van der Waals surface area (Å²) in [4.78, 5) is 0. The van der Waals surface area contributed by atoms with E-state index in [-0.39, 0.29) is 0 Å². The SMILES string of the molecule is c1ccc(COCCCCNCc2ccco2)cc1. The van der Waals surface area contributed by atoms with Crippen LogP contribution in [-0.2, 0) is 17.9 Å². The van der Waals surface area contributed by atoms with Gasteiger partial charge in [0.15, 0.2) is 0 Å². The minimum Gasteiger partial charge on any atom is -0.468 e. The Morgan fingerprint density at radius 1 is 1.00 bits per heavy atom. The van der Waals surface area contributed by atoms with E-state index in [0.29, 0.717) is 6.61 Å². The Bertz CT molecular complexity index is 425. The Kier molecular flexibility index (Phi) is 6.20. The summed E-state index contributed by atoms with van der Waals surface area (Å²) in [5.41, 5.74) is 1.23. The monoisotopic (exact) mass is 259 g/mol. The van der Waals surface area contributed by atoms with Crippen molar-refractivity contribution in [2.24, 2.45) is 0 Å². The Morgan fingerprint density at radius 3 is 2.68 bits per heavy atom. The van der Waals surface area contributed by atoms with Gasteiger partial charge in [0.2, 0.25) is 0 Å². The fourth-order valence-corrected chi connectivity index (χ4v) is 1.84. The third-order valence-electron chi connectivity index (χ3n) is 2.88. The van der Waals surface area contributed by atoms with Gasteiger partial charge in [-0.05, 0) is 37.1 Å². The topological polar surface area (TPSA) is 34.4 Å². The van der Waals surface area contributed by atoms with Crippen molar-refractivity contribution in [3.8, 4) is 0 Å². The maximum absolute atomic E-state index is 5.63. The molecule has 0 amide bonds. The van der Waals surface area contributed by atoms with E-state index in [0.717, 1.165) is 38.3 Å². The largest absolute Gasteiger partial charge is 0.468 e. The molecule has 1 heterocycles. The van der Waals surface area contributed by atoms with Crippen molar-refractivity contribution < 1.29 is 9.15 Å². The van der Waals surface area contributed by atoms with Crippen molar-refractivity contribution >= 4 is 0 Å². The van der Waals surface area contributed by atoms with Crippen LogP contribution in [0, 0.1) is 0 Å². The van der Waals surface area contributed by atoms with Crippen LogP contribution in [0.4, 0.5) is 0 Å². The molecule has 1 aromatic heterocycles. The molecule has 0 bridgehead atoms. The first-order valence-electron chi connectivity index (χ1n) is 6.80. The standard InChI is InChI=1S/C16H21NO2/c1-2-7-15(8-3-1)14-18-11-5-4-10-17-13-16-9-6-12-19-16/h1-3,6-9,12,17H,4-5,10-11,13-14H2. The number of ether oxygens (including phenoxy) is 1. The first-order valence-corrected chi connectivity index (χ1v) is 6.80. The predicted octanol–water partition coefficient (Wildman–Crippen LogP) is 3.37. The molecule has 0 aliphatic carbocycles. The molecule has 3 nitrogen and oxygen atoms in total. The predicted molar refractivity (Wildman–Crippen MR) is 75.7 cm³/mol. The molecule has 2 rings (SSSR count). The Labute approximate surface area is 114 Å². The molecule has 1 N–H and O–H groups in total. The quantitative estimate of drug-likeness (QED) is 0.701. The molecule has 1 aromatic carbocycles. The van der Waals surface area contributed by atoms with Crippen molar-refractivity contribution in [3.05, 3.63) is 60.1 Å². The summed E-state index contributed by atoms with van der Waals surface area (Å²) in [6.45, 7) is 3.32. The molecule has 3 heteroatoms. The van der Waals surface area contributed by atoms with E-state index in [1.54, 1.807) is 6.26 Å². The van der Waals surface area contributed by atoms with Crippen LogP contribution in [0.2, 0.25) is 0 Å². The molecule has 102 valence electrons. The number of benzene rings is 1. The highest BCUT2D eigenvalue weighted by atomic mass is 16.5. The van der Waals surface area contributed by atoms with E-state index in [1.165, 1.54) is 5.56 Å². The molecule has 0 saturated heterocycles. The molecule has 0 aliphatic heterocycles. The minimum absolute atomic E-state index is 0.709. The molecule has 2 aromatic rings. The number of rotatable bonds is 9. The molecule has 0 atom stereocenters. The molecule has 0 fully saturated rings. The molecular weight excluding hydrogens is 238 g/mol. The lowest BCUT2D eigenvalue weighted by Gasteiger charge is -2.05. The van der Waals surface area contributed by atoms with Crippen LogP contribution in [0.25, 0.3) is 0 Å². The van der Waals surface area contributed by atoms with Crippen molar-refractivity contribution in [3.63, 3.8) is 0 Å². The molecule has 0 radical (unpaired) electrons. The van der Waals surface area contributed by atoms with Crippen molar-refractivity contribution in [2.75, 3.05) is 13.2 Å². The highest BCUT2D eigenvalue weighted by molar-refractivity contribution is 5.13. The van der Waals surface area contributed by atoms with Gasteiger partial charge in [-0.15, -0.1) is 0 Å². The molecule has 0 aliphatic rings. The number of nitrogens with one attached hydrogen (secondary N) is 1. The van der Waals surface area contributed by atoms with Gasteiger partial charge in [-0.3, -0.25) is 0 Å². The second kappa shape index (κ2) is 8.51. The zero-order valence-corrected chi connectivity index (χ0v) is 11.2. The minimum atomic E-state index is 0.709. The van der Waals surface area contributed by atoms with Crippen LogP contribution >= 0.6 is 0 Å². The smallest absolute Gasteiger partial charge is 0.117 e. The lowest BCUT2D eigenvalue weighted by atomic mass is 10.2. The number of hydrogen-bond donors (Lipinski definition) is 1. The first-order chi connectivity index (χ1) is 9.45. The van der Waals surface area contributed by atoms with E-state index in [9.17, 15) is 0 Å². The Balaban J connectivity index is 1.42. The second-order valence-corrected chi connectivity index (χ2v) is 4.50. The van der Waals surface area contributed by atoms with Gasteiger partial charge in [-0.2, -0.15) is 0 Å². The van der Waals surface area contributed by atoms with Gasteiger partial charge in [0.25, 0.3) is 0 Å². The van der Waals surface area contributed by atoms with Gasteiger partial charge < -0.3 is 14.5 Å². The zero-order valence-electron chi connectivity index (χ0n) is 11.2. The summed E-state index contributed by atoms with van der Waals surface area (Å²) >= 11 is 0. The van der Waals surface area contributed by atoms with Gasteiger partial charge in [0.05, 0.1) is 19.4 Å². The summed E-state index contributed by atoms with van der Waals surface area (Å²) < 4.78 is 10.9. The van der Waals surface area contributed by atoms with Crippen LogP contribution in [0.15, 0.2) is 53.1 Å². The van der Waals surface area contributed by atoms with Crippen LogP contribution in [0.5, 0.6) is 0 Å². The Hall–Kier alpha value is -1.58. The summed E-state index contributed by atoms with van der Waals surface area (Å²) in [5, 5.41) is 3.35. The summed E-state index contributed by atoms with van der Waals surface area (Å²) in [7, 11) is 0. The van der Waals surface area contributed by atoms with Gasteiger partial charge in [-0.1, -0.05) is 30.3 Å². The van der Waals surface area contributed by atoms with E-state index in [2.05, 4.69) is 17.4 Å². The molecule has 19 heavy (non-hydrogen) atoms. The second-order valence-electron chi connectivity index (χ2n) is 4.50. The number of hydrogen-bond acceptors (Lipinski definition) is 3. The molecule has 0 unspecified atom stereocenters. The Morgan fingerprint density at radius 2 is 1.89 bits per heavy atom. The maximum Gasteiger partial charge on any atom is 0.117 e. The first kappa shape index (κ1) is 13.8. The highest BCUT2D eigenvalue weighted by Gasteiger charge is 1.95. The van der Waals surface area contributed by atoms with Crippen molar-refractivity contribution in [2.45, 2.75) is 26.0 Å². The molecular formula is C16H21NO2. The summed E-state index contributed by atoms with van der Waals surface area (Å²) in [5.74, 6) is 0.986. The fourth-order valence-electron chi connectivity index (χ4n) is 1.84. The summed E-state index contributed by atoms with van der Waals surface area (Å²) in [6.07, 6.45) is 3.90. The van der Waals surface area contributed by atoms with E-state index < -0.39 is 0 Å². The fraction of sp³-hybridized carbons (Fsp3) is 0.375. The van der Waals surface area contributed by atoms with E-state index >= 15 is 0 Å². The average molecular weight is 259 g/mol. The summed E-state index contributed by atoms with van der Waals surface area (Å²) in [6, 6.07) is 14.2. The van der Waals surface area contributed by atoms with Gasteiger partial charge in [0, 0.05) is 6.61 Å². The third-order valence-corrected chi connectivity index (χ3v) is 2.88. The van der Waals surface area contributed by atoms with Gasteiger partial charge >= 0.3 is 0 Å². The van der Waals surface area contributed by atoms with E-state index in [1.807, 2.05) is 30.3 Å². The van der Waals surface area contributed by atoms with E-state index in [4.69, 9.17) is 9.15 Å². The normalized spacial score (nSPS) is 10.7. The van der Waals surface area contributed by atoms with Crippen molar-refractivity contribution in [1.82, 2.24) is 5.32 Å². The highest BCUT2D eigenvalue weighted by Crippen LogP contribution is 2.02. The molecule has 0 spiro atoms. The van der Waals surface area contributed by atoms with Crippen LogP contribution in [0.3, 0.4) is 0 Å². The average Bonchev–Trinajstić information content (AvgIpc) is 2.96. The van der Waals surface area contributed by atoms with Gasteiger partial charge in [0.1, 0.15) is 5.76 Å². The lowest BCUT2D eigenvalue weighted by Crippen LogP contribution is -2.14. The molecule has 0 saturated carbocycles. The lowest BCUT2D eigenvalue weighted by molar-refractivity contribution is 0.117. The zero-order chi connectivity index (χ0) is 13.2. The number of furan rings is 1. The third kappa shape index (κ3) is 5.73. The van der Waals surface area contributed by atoms with Crippen LogP contribution < -0.4 is 5.32 Å². The number of unbranched alkanes of at least 4 members (excludes halogenated alkanes) is 1. The van der Waals surface area contributed by atoms with Crippen LogP contribution in [0.1, 0.15) is 24.2 Å². The maximum atomic E-state index is 5.63.